The minimum atomic E-state index is 0.377. The first-order valence-electron chi connectivity index (χ1n) is 5.83. The quantitative estimate of drug-likeness (QED) is 0.606. The molecule has 0 saturated carbocycles. The van der Waals surface area contributed by atoms with Gasteiger partial charge in [0.25, 0.3) is 0 Å². The molecule has 2 aliphatic rings. The molecule has 0 aromatic carbocycles. The molecule has 2 heterocycles. The monoisotopic (exact) mass is 212 g/mol. The van der Waals surface area contributed by atoms with Crippen LogP contribution in [-0.2, 0) is 4.79 Å². The van der Waals surface area contributed by atoms with Gasteiger partial charge in [0.2, 0.25) is 0 Å². The van der Waals surface area contributed by atoms with E-state index in [0.29, 0.717) is 17.9 Å². The zero-order chi connectivity index (χ0) is 11.5. The van der Waals surface area contributed by atoms with E-state index in [2.05, 4.69) is 25.8 Å². The van der Waals surface area contributed by atoms with Crippen LogP contribution >= 0.6 is 0 Å². The molecular weight excluding hydrogens is 188 g/mol. The van der Waals surface area contributed by atoms with E-state index in [4.69, 9.17) is 0 Å². The molecule has 0 N–H and O–H groups in total. The Hall–Kier alpha value is -0.410. The number of hydrogen-bond acceptors (Lipinski definition) is 3. The number of ketones is 1. The van der Waals surface area contributed by atoms with Gasteiger partial charge in [-0.05, 0) is 47.3 Å². The van der Waals surface area contributed by atoms with Crippen LogP contribution in [0, 0.1) is 0 Å². The number of hydrogen-bond donors (Lipinski definition) is 0. The van der Waals surface area contributed by atoms with Crippen LogP contribution in [0.5, 0.6) is 0 Å². The minimum Gasteiger partial charge on any atom is -0.301 e. The van der Waals surface area contributed by atoms with Gasteiger partial charge in [0.1, 0.15) is 5.78 Å². The van der Waals surface area contributed by atoms with Crippen LogP contribution in [0.3, 0.4) is 0 Å². The second kappa shape index (κ2) is 5.08. The standard InChI is InChI=1S/C7H15N.C5H9NO/c1-7(2)5-4-6-8(7)3;1-6-3-2-5(7)4-6/h4-6H2,1-3H3;2-4H2,1H3. The third-order valence-corrected chi connectivity index (χ3v) is 3.53. The van der Waals surface area contributed by atoms with Gasteiger partial charge in [-0.3, -0.25) is 9.69 Å². The highest BCUT2D eigenvalue weighted by Gasteiger charge is 2.27. The zero-order valence-corrected chi connectivity index (χ0v) is 10.5. The largest absolute Gasteiger partial charge is 0.301 e. The summed E-state index contributed by atoms with van der Waals surface area (Å²) < 4.78 is 0. The number of rotatable bonds is 0. The average Bonchev–Trinajstić information content (AvgIpc) is 2.62. The minimum absolute atomic E-state index is 0.377. The lowest BCUT2D eigenvalue weighted by molar-refractivity contribution is -0.116. The van der Waals surface area contributed by atoms with Crippen LogP contribution < -0.4 is 0 Å². The van der Waals surface area contributed by atoms with Gasteiger partial charge in [-0.15, -0.1) is 0 Å². The van der Waals surface area contributed by atoms with Crippen molar-refractivity contribution in [1.82, 2.24) is 9.80 Å². The molecule has 2 saturated heterocycles. The second-order valence-corrected chi connectivity index (χ2v) is 5.36. The third-order valence-electron chi connectivity index (χ3n) is 3.53. The molecule has 3 heteroatoms. The molecule has 0 unspecified atom stereocenters. The Morgan fingerprint density at radius 2 is 1.87 bits per heavy atom. The summed E-state index contributed by atoms with van der Waals surface area (Å²) >= 11 is 0. The second-order valence-electron chi connectivity index (χ2n) is 5.36. The maximum atomic E-state index is 10.4. The Morgan fingerprint density at radius 3 is 2.00 bits per heavy atom. The lowest BCUT2D eigenvalue weighted by Crippen LogP contribution is -2.34. The molecule has 0 aliphatic carbocycles. The number of Topliss-reactive ketones (excluding diaryl/α,β-unsaturated/α-hetero) is 1. The molecule has 2 aliphatic heterocycles. The molecule has 0 amide bonds. The van der Waals surface area contributed by atoms with Crippen molar-refractivity contribution in [3.63, 3.8) is 0 Å². The molecule has 0 radical (unpaired) electrons. The molecule has 0 aromatic rings. The molecule has 88 valence electrons. The predicted molar refractivity (Wildman–Crippen MR) is 63.1 cm³/mol. The van der Waals surface area contributed by atoms with Crippen LogP contribution in [0.2, 0.25) is 0 Å². The predicted octanol–water partition coefficient (Wildman–Crippen LogP) is 1.38. The lowest BCUT2D eigenvalue weighted by atomic mass is 10.0. The van der Waals surface area contributed by atoms with Gasteiger partial charge in [0.15, 0.2) is 0 Å². The number of likely N-dealkylation sites (tertiary alicyclic amines) is 2. The molecule has 0 atom stereocenters. The van der Waals surface area contributed by atoms with Gasteiger partial charge in [-0.1, -0.05) is 0 Å². The van der Waals surface area contributed by atoms with Gasteiger partial charge >= 0.3 is 0 Å². The first kappa shape index (κ1) is 12.7. The molecule has 0 spiro atoms. The fourth-order valence-corrected chi connectivity index (χ4v) is 2.02. The van der Waals surface area contributed by atoms with Crippen LogP contribution in [0.4, 0.5) is 0 Å². The van der Waals surface area contributed by atoms with E-state index >= 15 is 0 Å². The lowest BCUT2D eigenvalue weighted by Gasteiger charge is -2.26. The van der Waals surface area contributed by atoms with Gasteiger partial charge in [-0.2, -0.15) is 0 Å². The van der Waals surface area contributed by atoms with Crippen molar-refractivity contribution in [2.24, 2.45) is 0 Å². The summed E-state index contributed by atoms with van der Waals surface area (Å²) in [4.78, 5) is 14.9. The third kappa shape index (κ3) is 3.92. The fourth-order valence-electron chi connectivity index (χ4n) is 2.02. The molecule has 2 rings (SSSR count). The van der Waals surface area contributed by atoms with Crippen molar-refractivity contribution in [3.8, 4) is 0 Å². The maximum absolute atomic E-state index is 10.4. The van der Waals surface area contributed by atoms with E-state index < -0.39 is 0 Å². The van der Waals surface area contributed by atoms with Gasteiger partial charge in [-0.25, -0.2) is 0 Å². The highest BCUT2D eigenvalue weighted by atomic mass is 16.1. The smallest absolute Gasteiger partial charge is 0.148 e. The average molecular weight is 212 g/mol. The Balaban J connectivity index is 0.000000151. The van der Waals surface area contributed by atoms with Crippen LogP contribution in [0.15, 0.2) is 0 Å². The normalized spacial score (nSPS) is 26.5. The number of nitrogens with zero attached hydrogens (tertiary/aromatic N) is 2. The van der Waals surface area contributed by atoms with Gasteiger partial charge in [0.05, 0.1) is 6.54 Å². The first-order chi connectivity index (χ1) is 6.92. The van der Waals surface area contributed by atoms with Crippen molar-refractivity contribution in [2.75, 3.05) is 33.7 Å². The summed E-state index contributed by atoms with van der Waals surface area (Å²) in [5.41, 5.74) is 0.486. The zero-order valence-electron chi connectivity index (χ0n) is 10.5. The van der Waals surface area contributed by atoms with E-state index in [1.165, 1.54) is 19.4 Å². The molecule has 3 nitrogen and oxygen atoms in total. The van der Waals surface area contributed by atoms with Crippen molar-refractivity contribution < 1.29 is 4.79 Å². The highest BCUT2D eigenvalue weighted by Crippen LogP contribution is 2.25. The van der Waals surface area contributed by atoms with Crippen molar-refractivity contribution in [3.05, 3.63) is 0 Å². The molecule has 2 fully saturated rings. The van der Waals surface area contributed by atoms with Crippen LogP contribution in [0.1, 0.15) is 33.1 Å². The Bertz CT molecular complexity index is 226. The first-order valence-corrected chi connectivity index (χ1v) is 5.83. The van der Waals surface area contributed by atoms with Crippen LogP contribution in [0.25, 0.3) is 0 Å². The van der Waals surface area contributed by atoms with E-state index in [1.54, 1.807) is 0 Å². The number of carbonyl (C=O) groups is 1. The molecule has 0 bridgehead atoms. The van der Waals surface area contributed by atoms with E-state index in [1.807, 2.05) is 11.9 Å². The van der Waals surface area contributed by atoms with Crippen molar-refractivity contribution in [2.45, 2.75) is 38.6 Å². The summed E-state index contributed by atoms with van der Waals surface area (Å²) in [5.74, 6) is 0.377. The van der Waals surface area contributed by atoms with E-state index in [9.17, 15) is 4.79 Å². The van der Waals surface area contributed by atoms with E-state index in [-0.39, 0.29) is 0 Å². The molecular formula is C12H24N2O. The SMILES string of the molecule is CN1CCC(=O)C1.CN1CCCC1(C)C. The summed E-state index contributed by atoms with van der Waals surface area (Å²) in [5, 5.41) is 0. The van der Waals surface area contributed by atoms with E-state index in [0.717, 1.165) is 13.0 Å². The van der Waals surface area contributed by atoms with Crippen molar-refractivity contribution >= 4 is 5.78 Å². The summed E-state index contributed by atoms with van der Waals surface area (Å²) in [7, 11) is 4.16. The van der Waals surface area contributed by atoms with Gasteiger partial charge in [0, 0.05) is 18.5 Å². The molecule has 0 aromatic heterocycles. The topological polar surface area (TPSA) is 23.6 Å². The Kier molecular flexibility index (Phi) is 4.29. The van der Waals surface area contributed by atoms with Gasteiger partial charge < -0.3 is 4.90 Å². The highest BCUT2D eigenvalue weighted by molar-refractivity contribution is 5.82. The van der Waals surface area contributed by atoms with Crippen LogP contribution in [-0.4, -0.2) is 54.9 Å². The number of carbonyl (C=O) groups excluding carboxylic acids is 1. The number of likely N-dealkylation sites (N-methyl/N-ethyl adjacent to an activating group) is 1. The molecule has 15 heavy (non-hydrogen) atoms. The summed E-state index contributed by atoms with van der Waals surface area (Å²) in [6.45, 7) is 7.52. The Morgan fingerprint density at radius 1 is 1.20 bits per heavy atom. The van der Waals surface area contributed by atoms with Crippen molar-refractivity contribution in [1.29, 1.82) is 0 Å². The maximum Gasteiger partial charge on any atom is 0.148 e. The summed E-state index contributed by atoms with van der Waals surface area (Å²) in [6, 6.07) is 0. The Labute approximate surface area is 93.4 Å². The fraction of sp³-hybridized carbons (Fsp3) is 0.917. The summed E-state index contributed by atoms with van der Waals surface area (Å²) in [6.07, 6.45) is 3.50.